The number of hydrogen-bond acceptors (Lipinski definition) is 4. The van der Waals surface area contributed by atoms with Crippen LogP contribution in [0.2, 0.25) is 0 Å². The molecule has 4 nitrogen and oxygen atoms in total. The van der Waals surface area contributed by atoms with Gasteiger partial charge in [0.1, 0.15) is 0 Å². The molecule has 110 valence electrons. The molecule has 3 fully saturated rings. The Bertz CT molecular complexity index is 290. The minimum atomic E-state index is 0.282. The minimum Gasteiger partial charge on any atom is -0.325 e. The van der Waals surface area contributed by atoms with E-state index in [1.165, 1.54) is 44.9 Å². The molecule has 4 atom stereocenters. The molecule has 19 heavy (non-hydrogen) atoms. The van der Waals surface area contributed by atoms with Gasteiger partial charge < -0.3 is 11.1 Å². The van der Waals surface area contributed by atoms with Gasteiger partial charge in [0.05, 0.1) is 0 Å². The highest BCUT2D eigenvalue weighted by Crippen LogP contribution is 2.31. The molecule has 0 bridgehead atoms. The monoisotopic (exact) mass is 266 g/mol. The molecule has 2 aliphatic heterocycles. The van der Waals surface area contributed by atoms with E-state index in [-0.39, 0.29) is 6.04 Å². The van der Waals surface area contributed by atoms with Crippen LogP contribution in [0.5, 0.6) is 0 Å². The Morgan fingerprint density at radius 3 is 2.47 bits per heavy atom. The lowest BCUT2D eigenvalue weighted by Crippen LogP contribution is -2.66. The van der Waals surface area contributed by atoms with E-state index < -0.39 is 0 Å². The molecule has 0 aromatic heterocycles. The van der Waals surface area contributed by atoms with E-state index in [0.29, 0.717) is 18.1 Å². The minimum absolute atomic E-state index is 0.282. The molecule has 0 aromatic carbocycles. The van der Waals surface area contributed by atoms with Gasteiger partial charge in [-0.2, -0.15) is 0 Å². The molecular weight excluding hydrogens is 236 g/mol. The molecular formula is C15H30N4. The van der Waals surface area contributed by atoms with E-state index in [4.69, 9.17) is 5.73 Å². The van der Waals surface area contributed by atoms with E-state index in [1.54, 1.807) is 0 Å². The predicted octanol–water partition coefficient (Wildman–Crippen LogP) is 1.22. The highest BCUT2D eigenvalue weighted by molar-refractivity contribution is 4.99. The zero-order valence-corrected chi connectivity index (χ0v) is 12.3. The van der Waals surface area contributed by atoms with Crippen molar-refractivity contribution in [2.24, 2.45) is 11.7 Å². The molecule has 4 N–H and O–H groups in total. The van der Waals surface area contributed by atoms with Crippen molar-refractivity contribution in [3.05, 3.63) is 0 Å². The number of hydrogen-bond donors (Lipinski definition) is 3. The molecule has 2 saturated heterocycles. The average molecular weight is 266 g/mol. The fourth-order valence-corrected chi connectivity index (χ4v) is 4.41. The molecule has 4 heteroatoms. The van der Waals surface area contributed by atoms with Crippen LogP contribution >= 0.6 is 0 Å². The highest BCUT2D eigenvalue weighted by Gasteiger charge is 2.40. The van der Waals surface area contributed by atoms with Crippen molar-refractivity contribution in [1.82, 2.24) is 15.8 Å². The van der Waals surface area contributed by atoms with Gasteiger partial charge in [0.2, 0.25) is 0 Å². The normalized spacial score (nSPS) is 42.6. The summed E-state index contributed by atoms with van der Waals surface area (Å²) in [6, 6.07) is 1.98. The molecule has 3 aliphatic rings. The summed E-state index contributed by atoms with van der Waals surface area (Å²) in [5.74, 6) is 0.810. The quantitative estimate of drug-likeness (QED) is 0.703. The van der Waals surface area contributed by atoms with Gasteiger partial charge in [0, 0.05) is 30.7 Å². The highest BCUT2D eigenvalue weighted by atomic mass is 15.6. The molecule has 0 amide bonds. The van der Waals surface area contributed by atoms with E-state index in [1.807, 2.05) is 0 Å². The van der Waals surface area contributed by atoms with Gasteiger partial charge in [-0.25, -0.2) is 5.01 Å². The van der Waals surface area contributed by atoms with Gasteiger partial charge in [0.25, 0.3) is 0 Å². The SMILES string of the molecule is CC1CCNN1C1CCNC(C2CCCCC2)C1N. The molecule has 2 heterocycles. The third kappa shape index (κ3) is 2.82. The van der Waals surface area contributed by atoms with E-state index in [0.717, 1.165) is 19.0 Å². The van der Waals surface area contributed by atoms with Gasteiger partial charge in [-0.15, -0.1) is 0 Å². The topological polar surface area (TPSA) is 53.3 Å². The summed E-state index contributed by atoms with van der Waals surface area (Å²) in [6.45, 7) is 4.57. The van der Waals surface area contributed by atoms with Crippen LogP contribution in [-0.2, 0) is 0 Å². The molecule has 3 rings (SSSR count). The van der Waals surface area contributed by atoms with Crippen molar-refractivity contribution in [2.75, 3.05) is 13.1 Å². The van der Waals surface area contributed by atoms with E-state index in [9.17, 15) is 0 Å². The first kappa shape index (κ1) is 13.8. The van der Waals surface area contributed by atoms with Gasteiger partial charge in [-0.05, 0) is 45.1 Å². The van der Waals surface area contributed by atoms with Gasteiger partial charge in [0.15, 0.2) is 0 Å². The summed E-state index contributed by atoms with van der Waals surface area (Å²) in [6.07, 6.45) is 9.42. The lowest BCUT2D eigenvalue weighted by atomic mass is 9.77. The van der Waals surface area contributed by atoms with Gasteiger partial charge >= 0.3 is 0 Å². The number of nitrogens with zero attached hydrogens (tertiary/aromatic N) is 1. The number of hydrazine groups is 1. The molecule has 4 unspecified atom stereocenters. The number of nitrogens with one attached hydrogen (secondary N) is 2. The first-order chi connectivity index (χ1) is 9.27. The zero-order valence-electron chi connectivity index (χ0n) is 12.3. The maximum absolute atomic E-state index is 6.65. The Labute approximate surface area is 117 Å². The Morgan fingerprint density at radius 2 is 1.79 bits per heavy atom. The third-order valence-electron chi connectivity index (χ3n) is 5.53. The lowest BCUT2D eigenvalue weighted by molar-refractivity contribution is 0.0575. The Hall–Kier alpha value is -0.160. The largest absolute Gasteiger partial charge is 0.325 e. The Balaban J connectivity index is 1.66. The molecule has 1 saturated carbocycles. The van der Waals surface area contributed by atoms with Crippen LogP contribution in [0.1, 0.15) is 51.9 Å². The standard InChI is InChI=1S/C15H30N4/c1-11-7-10-18-19(11)13-8-9-17-15(14(13)16)12-5-3-2-4-6-12/h11-15,17-18H,2-10,16H2,1H3. The van der Waals surface area contributed by atoms with Gasteiger partial charge in [-0.3, -0.25) is 5.43 Å². The summed E-state index contributed by atoms with van der Waals surface area (Å²) in [5, 5.41) is 6.19. The summed E-state index contributed by atoms with van der Waals surface area (Å²) < 4.78 is 0. The van der Waals surface area contributed by atoms with Crippen molar-refractivity contribution in [3.63, 3.8) is 0 Å². The number of rotatable bonds is 2. The van der Waals surface area contributed by atoms with Crippen molar-refractivity contribution < 1.29 is 0 Å². The van der Waals surface area contributed by atoms with E-state index >= 15 is 0 Å². The van der Waals surface area contributed by atoms with Crippen LogP contribution in [0.15, 0.2) is 0 Å². The number of nitrogens with two attached hydrogens (primary N) is 1. The van der Waals surface area contributed by atoms with Crippen molar-refractivity contribution >= 4 is 0 Å². The lowest BCUT2D eigenvalue weighted by Gasteiger charge is -2.46. The van der Waals surface area contributed by atoms with E-state index in [2.05, 4.69) is 22.7 Å². The zero-order chi connectivity index (χ0) is 13.2. The van der Waals surface area contributed by atoms with Crippen molar-refractivity contribution in [1.29, 1.82) is 0 Å². The molecule has 0 aromatic rings. The Kier molecular flexibility index (Phi) is 4.42. The van der Waals surface area contributed by atoms with Crippen molar-refractivity contribution in [2.45, 2.75) is 76.0 Å². The first-order valence-electron chi connectivity index (χ1n) is 8.28. The predicted molar refractivity (Wildman–Crippen MR) is 78.7 cm³/mol. The summed E-state index contributed by atoms with van der Waals surface area (Å²) in [5.41, 5.74) is 10.2. The second kappa shape index (κ2) is 6.08. The van der Waals surface area contributed by atoms with Crippen LogP contribution < -0.4 is 16.5 Å². The molecule has 0 radical (unpaired) electrons. The van der Waals surface area contributed by atoms with Crippen LogP contribution in [0.25, 0.3) is 0 Å². The average Bonchev–Trinajstić information content (AvgIpc) is 2.86. The van der Waals surface area contributed by atoms with Crippen LogP contribution in [-0.4, -0.2) is 42.3 Å². The second-order valence-corrected chi connectivity index (χ2v) is 6.76. The fraction of sp³-hybridized carbons (Fsp3) is 1.00. The maximum atomic E-state index is 6.65. The summed E-state index contributed by atoms with van der Waals surface area (Å²) in [7, 11) is 0. The number of piperidine rings is 1. The third-order valence-corrected chi connectivity index (χ3v) is 5.53. The molecule has 0 spiro atoms. The Morgan fingerprint density at radius 1 is 1.00 bits per heavy atom. The fourth-order valence-electron chi connectivity index (χ4n) is 4.41. The van der Waals surface area contributed by atoms with Gasteiger partial charge in [-0.1, -0.05) is 19.3 Å². The second-order valence-electron chi connectivity index (χ2n) is 6.76. The van der Waals surface area contributed by atoms with Crippen LogP contribution in [0, 0.1) is 5.92 Å². The smallest absolute Gasteiger partial charge is 0.0425 e. The van der Waals surface area contributed by atoms with Crippen LogP contribution in [0.3, 0.4) is 0 Å². The first-order valence-corrected chi connectivity index (χ1v) is 8.28. The summed E-state index contributed by atoms with van der Waals surface area (Å²) in [4.78, 5) is 0. The van der Waals surface area contributed by atoms with Crippen LogP contribution in [0.4, 0.5) is 0 Å². The van der Waals surface area contributed by atoms with Crippen molar-refractivity contribution in [3.8, 4) is 0 Å². The molecule has 1 aliphatic carbocycles. The maximum Gasteiger partial charge on any atom is 0.0425 e. The summed E-state index contributed by atoms with van der Waals surface area (Å²) >= 11 is 0.